The fraction of sp³-hybridized carbons (Fsp3) is 0.571. The second-order valence-electron chi connectivity index (χ2n) is 2.11. The van der Waals surface area contributed by atoms with Crippen LogP contribution < -0.4 is 0 Å². The molecule has 1 radical (unpaired) electrons. The Kier molecular flexibility index (Phi) is 5.34. The summed E-state index contributed by atoms with van der Waals surface area (Å²) in [7, 11) is 4.86. The molecule has 0 bridgehead atoms. The number of hydrogen-bond donors (Lipinski definition) is 0. The molecule has 0 aliphatic carbocycles. The van der Waals surface area contributed by atoms with Gasteiger partial charge in [0.05, 0.1) is 0 Å². The Labute approximate surface area is 68.2 Å². The second kappa shape index (κ2) is 5.83. The molecule has 0 aromatic heterocycles. The molecular formula is C7H12BN2O. The van der Waals surface area contributed by atoms with E-state index in [1.165, 1.54) is 11.1 Å². The first-order valence-corrected chi connectivity index (χ1v) is 3.55. The van der Waals surface area contributed by atoms with Crippen LogP contribution in [0.3, 0.4) is 0 Å². The molecule has 0 aliphatic rings. The van der Waals surface area contributed by atoms with Crippen molar-refractivity contribution in [1.29, 1.82) is 0 Å². The van der Waals surface area contributed by atoms with Crippen LogP contribution in [0.25, 0.3) is 0 Å². The normalized spacial score (nSPS) is 8.73. The quantitative estimate of drug-likeness (QED) is 0.532. The zero-order valence-electron chi connectivity index (χ0n) is 6.79. The Hall–Kier alpha value is -0.925. The SMILES string of the molecule is [B]=NCC(=O)N(C=C)CCC. The summed E-state index contributed by atoms with van der Waals surface area (Å²) in [6.45, 7) is 6.21. The minimum absolute atomic E-state index is 0.0337. The molecular weight excluding hydrogens is 139 g/mol. The second-order valence-corrected chi connectivity index (χ2v) is 2.11. The van der Waals surface area contributed by atoms with Crippen molar-refractivity contribution in [3.8, 4) is 0 Å². The van der Waals surface area contributed by atoms with Crippen molar-refractivity contribution in [3.05, 3.63) is 12.8 Å². The summed E-state index contributed by atoms with van der Waals surface area (Å²) in [5.74, 6) is -0.107. The van der Waals surface area contributed by atoms with Crippen LogP contribution in [0, 0.1) is 0 Å². The van der Waals surface area contributed by atoms with E-state index < -0.39 is 0 Å². The van der Waals surface area contributed by atoms with E-state index >= 15 is 0 Å². The molecule has 0 saturated carbocycles. The first-order valence-electron chi connectivity index (χ1n) is 3.55. The van der Waals surface area contributed by atoms with Gasteiger partial charge in [-0.05, 0) is 0 Å². The maximum absolute atomic E-state index is 11.0. The Morgan fingerprint density at radius 2 is 2.45 bits per heavy atom. The van der Waals surface area contributed by atoms with Gasteiger partial charge >= 0.3 is 67.3 Å². The third kappa shape index (κ3) is 3.70. The predicted molar refractivity (Wildman–Crippen MR) is 45.3 cm³/mol. The molecule has 0 aromatic carbocycles. The van der Waals surface area contributed by atoms with E-state index in [2.05, 4.69) is 11.5 Å². The topological polar surface area (TPSA) is 32.7 Å². The molecule has 0 atom stereocenters. The molecule has 0 heterocycles. The molecule has 0 unspecified atom stereocenters. The van der Waals surface area contributed by atoms with Crippen molar-refractivity contribution in [2.45, 2.75) is 13.3 Å². The molecule has 0 aliphatic heterocycles. The number of carbonyl (C=O) groups is 1. The van der Waals surface area contributed by atoms with Crippen LogP contribution in [0.5, 0.6) is 0 Å². The van der Waals surface area contributed by atoms with Gasteiger partial charge in [-0.25, -0.2) is 0 Å². The molecule has 59 valence electrons. The molecule has 0 saturated heterocycles. The maximum atomic E-state index is 11.0. The van der Waals surface area contributed by atoms with Gasteiger partial charge in [-0.15, -0.1) is 0 Å². The summed E-state index contributed by atoms with van der Waals surface area (Å²) in [4.78, 5) is 15.8. The van der Waals surface area contributed by atoms with E-state index in [1.54, 1.807) is 0 Å². The summed E-state index contributed by atoms with van der Waals surface area (Å²) in [5, 5.41) is 0. The first kappa shape index (κ1) is 10.1. The third-order valence-corrected chi connectivity index (χ3v) is 1.23. The third-order valence-electron chi connectivity index (χ3n) is 1.23. The molecule has 4 heteroatoms. The van der Waals surface area contributed by atoms with E-state index in [0.29, 0.717) is 6.54 Å². The van der Waals surface area contributed by atoms with Crippen molar-refractivity contribution in [2.75, 3.05) is 13.1 Å². The van der Waals surface area contributed by atoms with Crippen molar-refractivity contribution >= 4 is 13.5 Å². The van der Waals surface area contributed by atoms with E-state index in [4.69, 9.17) is 7.64 Å². The summed E-state index contributed by atoms with van der Waals surface area (Å²) < 4.78 is 0. The standard InChI is InChI=1S/C7H12BN2O/c1-3-5-10(4-2)7(11)6-9-8/h4H,2-3,5-6H2,1H3. The number of carbonyl (C=O) groups excluding carboxylic acids is 1. The Balaban J connectivity index is 3.90. The average molecular weight is 151 g/mol. The monoisotopic (exact) mass is 151 g/mol. The van der Waals surface area contributed by atoms with E-state index in [0.717, 1.165) is 6.42 Å². The summed E-state index contributed by atoms with van der Waals surface area (Å²) >= 11 is 0. The van der Waals surface area contributed by atoms with Gasteiger partial charge in [0, 0.05) is 0 Å². The van der Waals surface area contributed by atoms with Crippen molar-refractivity contribution in [1.82, 2.24) is 4.90 Å². The summed E-state index contributed by atoms with van der Waals surface area (Å²) in [5.41, 5.74) is 0. The number of rotatable bonds is 5. The molecule has 3 nitrogen and oxygen atoms in total. The Bertz CT molecular complexity index is 159. The van der Waals surface area contributed by atoms with Gasteiger partial charge in [-0.3, -0.25) is 0 Å². The van der Waals surface area contributed by atoms with Gasteiger partial charge in [-0.1, -0.05) is 0 Å². The fourth-order valence-corrected chi connectivity index (χ4v) is 0.728. The molecule has 0 rings (SSSR count). The van der Waals surface area contributed by atoms with Crippen molar-refractivity contribution < 1.29 is 4.79 Å². The molecule has 0 N–H and O–H groups in total. The first-order chi connectivity index (χ1) is 5.26. The Morgan fingerprint density at radius 3 is 2.82 bits per heavy atom. The minimum atomic E-state index is -0.107. The molecule has 0 spiro atoms. The zero-order chi connectivity index (χ0) is 8.69. The zero-order valence-corrected chi connectivity index (χ0v) is 6.79. The van der Waals surface area contributed by atoms with Gasteiger partial charge in [0.1, 0.15) is 0 Å². The van der Waals surface area contributed by atoms with Crippen LogP contribution in [0.15, 0.2) is 17.7 Å². The predicted octanol–water partition coefficient (Wildman–Crippen LogP) is 0.721. The van der Waals surface area contributed by atoms with E-state index in [1.807, 2.05) is 6.92 Å². The number of amides is 1. The van der Waals surface area contributed by atoms with Crippen LogP contribution in [0.4, 0.5) is 0 Å². The van der Waals surface area contributed by atoms with Crippen LogP contribution in [-0.4, -0.2) is 31.5 Å². The van der Waals surface area contributed by atoms with Crippen LogP contribution in [0.1, 0.15) is 13.3 Å². The van der Waals surface area contributed by atoms with Crippen LogP contribution in [-0.2, 0) is 4.79 Å². The van der Waals surface area contributed by atoms with Gasteiger partial charge in [0.2, 0.25) is 0 Å². The molecule has 11 heavy (non-hydrogen) atoms. The van der Waals surface area contributed by atoms with Crippen LogP contribution in [0.2, 0.25) is 0 Å². The van der Waals surface area contributed by atoms with Gasteiger partial charge in [0.15, 0.2) is 0 Å². The van der Waals surface area contributed by atoms with Gasteiger partial charge in [0.25, 0.3) is 0 Å². The molecule has 0 aromatic rings. The Morgan fingerprint density at radius 1 is 1.82 bits per heavy atom. The van der Waals surface area contributed by atoms with Crippen molar-refractivity contribution in [3.63, 3.8) is 0 Å². The molecule has 0 fully saturated rings. The van der Waals surface area contributed by atoms with Gasteiger partial charge in [-0.2, -0.15) is 0 Å². The van der Waals surface area contributed by atoms with Gasteiger partial charge < -0.3 is 0 Å². The van der Waals surface area contributed by atoms with E-state index in [9.17, 15) is 4.79 Å². The average Bonchev–Trinajstić information content (AvgIpc) is 2.00. The number of nitrogens with zero attached hydrogens (tertiary/aromatic N) is 2. The summed E-state index contributed by atoms with van der Waals surface area (Å²) in [6, 6.07) is 0. The van der Waals surface area contributed by atoms with Crippen LogP contribution >= 0.6 is 0 Å². The fourth-order valence-electron chi connectivity index (χ4n) is 0.728. The summed E-state index contributed by atoms with van der Waals surface area (Å²) in [6.07, 6.45) is 2.40. The van der Waals surface area contributed by atoms with Crippen molar-refractivity contribution in [2.24, 2.45) is 4.90 Å². The van der Waals surface area contributed by atoms with E-state index in [-0.39, 0.29) is 12.5 Å². The molecule has 1 amide bonds. The number of hydrogen-bond acceptors (Lipinski definition) is 2.